The van der Waals surface area contributed by atoms with Gasteiger partial charge in [-0.1, -0.05) is 54.4 Å². The minimum atomic E-state index is -3.85. The fourth-order valence-electron chi connectivity index (χ4n) is 3.96. The van der Waals surface area contributed by atoms with Crippen molar-refractivity contribution >= 4 is 28.1 Å². The molecule has 1 aromatic heterocycles. The average molecular weight is 460 g/mol. The van der Waals surface area contributed by atoms with Crippen LogP contribution >= 0.6 is 0 Å². The van der Waals surface area contributed by atoms with Crippen molar-refractivity contribution in [2.75, 3.05) is 26.7 Å². The van der Waals surface area contributed by atoms with E-state index >= 15 is 0 Å². The molecule has 2 heterocycles. The Balaban J connectivity index is 1.81. The first-order chi connectivity index (χ1) is 15.2. The van der Waals surface area contributed by atoms with E-state index in [9.17, 15) is 13.2 Å². The van der Waals surface area contributed by atoms with E-state index < -0.39 is 10.0 Å². The number of amides is 1. The second-order valence-corrected chi connectivity index (χ2v) is 10.4. The van der Waals surface area contributed by atoms with Gasteiger partial charge in [-0.05, 0) is 44.7 Å². The predicted molar refractivity (Wildman–Crippen MR) is 125 cm³/mol. The molecule has 0 saturated carbocycles. The third-order valence-electron chi connectivity index (χ3n) is 5.89. The zero-order valence-corrected chi connectivity index (χ0v) is 20.2. The molecule has 2 aromatic rings. The molecule has 174 valence electrons. The van der Waals surface area contributed by atoms with Crippen molar-refractivity contribution in [1.82, 2.24) is 14.4 Å². The van der Waals surface area contributed by atoms with Crippen LogP contribution in [-0.2, 0) is 14.8 Å². The molecule has 1 fully saturated rings. The number of carbonyl (C=O) groups excluding carboxylic acids is 1. The zero-order chi connectivity index (χ0) is 23.3. The van der Waals surface area contributed by atoms with Crippen LogP contribution in [0.25, 0.3) is 12.2 Å². The molecule has 0 radical (unpaired) electrons. The lowest BCUT2D eigenvalue weighted by Gasteiger charge is -2.33. The Labute approximate surface area is 191 Å². The molecular formula is C24H33N3O4S. The van der Waals surface area contributed by atoms with Crippen molar-refractivity contribution in [2.24, 2.45) is 5.92 Å². The van der Waals surface area contributed by atoms with Crippen LogP contribution in [-0.4, -0.2) is 55.4 Å². The van der Waals surface area contributed by atoms with Gasteiger partial charge in [0.25, 0.3) is 0 Å². The molecule has 0 N–H and O–H groups in total. The number of sulfonamides is 1. The highest BCUT2D eigenvalue weighted by atomic mass is 32.2. The maximum Gasteiger partial charge on any atom is 0.248 e. The van der Waals surface area contributed by atoms with E-state index in [0.29, 0.717) is 31.6 Å². The molecule has 1 aromatic carbocycles. The summed E-state index contributed by atoms with van der Waals surface area (Å²) < 4.78 is 33.8. The highest BCUT2D eigenvalue weighted by Crippen LogP contribution is 2.29. The lowest BCUT2D eigenvalue weighted by atomic mass is 9.98. The minimum absolute atomic E-state index is 0.0138. The monoisotopic (exact) mass is 459 g/mol. The third kappa shape index (κ3) is 5.48. The molecule has 3 rings (SSSR count). The standard InChI is InChI=1S/C24H33N3O4S/c1-5-6-15-26(4)24(28)21-8-7-16-27(17-21)32(29,30)23-19(3)25-31-22(23)14-13-20-11-9-18(2)10-12-20/h9-14,21H,5-8,15-17H2,1-4H3/b14-13+/t21-/m0/s1. The summed E-state index contributed by atoms with van der Waals surface area (Å²) in [6, 6.07) is 7.90. The van der Waals surface area contributed by atoms with E-state index in [1.54, 1.807) is 24.9 Å². The number of unbranched alkanes of at least 4 members (excludes halogenated alkanes) is 1. The van der Waals surface area contributed by atoms with E-state index in [4.69, 9.17) is 4.52 Å². The molecule has 1 aliphatic rings. The number of aromatic nitrogens is 1. The second kappa shape index (κ2) is 10.4. The molecule has 1 saturated heterocycles. The van der Waals surface area contributed by atoms with Crippen LogP contribution in [0.15, 0.2) is 33.7 Å². The molecule has 32 heavy (non-hydrogen) atoms. The van der Waals surface area contributed by atoms with Gasteiger partial charge < -0.3 is 9.42 Å². The normalized spacial score (nSPS) is 17.7. The molecule has 7 nitrogen and oxygen atoms in total. The number of carbonyl (C=O) groups is 1. The Morgan fingerprint density at radius 1 is 1.25 bits per heavy atom. The van der Waals surface area contributed by atoms with Crippen molar-refractivity contribution in [3.63, 3.8) is 0 Å². The Morgan fingerprint density at radius 3 is 2.66 bits per heavy atom. The Bertz CT molecular complexity index is 1060. The number of aryl methyl sites for hydroxylation is 2. The molecule has 1 amide bonds. The third-order valence-corrected chi connectivity index (χ3v) is 7.92. The molecule has 0 aliphatic carbocycles. The average Bonchev–Trinajstić information content (AvgIpc) is 3.17. The maximum absolute atomic E-state index is 13.5. The van der Waals surface area contributed by atoms with Gasteiger partial charge in [0.1, 0.15) is 5.69 Å². The van der Waals surface area contributed by atoms with Gasteiger partial charge in [0.05, 0.1) is 5.92 Å². The Kier molecular flexibility index (Phi) is 7.90. The summed E-state index contributed by atoms with van der Waals surface area (Å²) in [5, 5.41) is 3.91. The van der Waals surface area contributed by atoms with E-state index in [1.807, 2.05) is 37.3 Å². The topological polar surface area (TPSA) is 83.7 Å². The number of benzene rings is 1. The molecular weight excluding hydrogens is 426 g/mol. The SMILES string of the molecule is CCCCN(C)C(=O)[C@H]1CCCN(S(=O)(=O)c2c(C)noc2/C=C/c2ccc(C)cc2)C1. The van der Waals surface area contributed by atoms with Crippen LogP contribution in [0.2, 0.25) is 0 Å². The van der Waals surface area contributed by atoms with Crippen molar-refractivity contribution in [1.29, 1.82) is 0 Å². The van der Waals surface area contributed by atoms with Crippen LogP contribution in [0.3, 0.4) is 0 Å². The van der Waals surface area contributed by atoms with Gasteiger partial charge in [-0.3, -0.25) is 4.79 Å². The number of rotatable bonds is 8. The van der Waals surface area contributed by atoms with Gasteiger partial charge in [-0.25, -0.2) is 8.42 Å². The van der Waals surface area contributed by atoms with Gasteiger partial charge in [0, 0.05) is 26.7 Å². The summed E-state index contributed by atoms with van der Waals surface area (Å²) in [6.45, 7) is 6.98. The van der Waals surface area contributed by atoms with Crippen molar-refractivity contribution in [2.45, 2.75) is 51.3 Å². The largest absolute Gasteiger partial charge is 0.355 e. The molecule has 1 aliphatic heterocycles. The highest BCUT2D eigenvalue weighted by molar-refractivity contribution is 7.89. The van der Waals surface area contributed by atoms with E-state index in [2.05, 4.69) is 12.1 Å². The molecule has 0 spiro atoms. The van der Waals surface area contributed by atoms with Crippen molar-refractivity contribution < 1.29 is 17.7 Å². The van der Waals surface area contributed by atoms with Crippen molar-refractivity contribution in [3.05, 3.63) is 46.8 Å². The smallest absolute Gasteiger partial charge is 0.248 e. The van der Waals surface area contributed by atoms with Gasteiger partial charge in [-0.15, -0.1) is 0 Å². The summed E-state index contributed by atoms with van der Waals surface area (Å²) in [5.74, 6) is -0.108. The summed E-state index contributed by atoms with van der Waals surface area (Å²) in [6.07, 6.45) is 6.74. The number of piperidine rings is 1. The van der Waals surface area contributed by atoms with Gasteiger partial charge in [0.2, 0.25) is 15.9 Å². The number of hydrogen-bond donors (Lipinski definition) is 0. The fraction of sp³-hybridized carbons (Fsp3) is 0.500. The molecule has 0 unspecified atom stereocenters. The number of nitrogens with zero attached hydrogens (tertiary/aromatic N) is 3. The summed E-state index contributed by atoms with van der Waals surface area (Å²) in [5.41, 5.74) is 2.41. The lowest BCUT2D eigenvalue weighted by molar-refractivity contribution is -0.135. The first-order valence-corrected chi connectivity index (χ1v) is 12.6. The van der Waals surface area contributed by atoms with Crippen LogP contribution in [0.4, 0.5) is 0 Å². The lowest BCUT2D eigenvalue weighted by Crippen LogP contribution is -2.46. The Hall–Kier alpha value is -2.45. The molecule has 1 atom stereocenters. The number of hydrogen-bond acceptors (Lipinski definition) is 5. The van der Waals surface area contributed by atoms with Gasteiger partial charge >= 0.3 is 0 Å². The van der Waals surface area contributed by atoms with E-state index in [-0.39, 0.29) is 29.0 Å². The van der Waals surface area contributed by atoms with Gasteiger partial charge in [0.15, 0.2) is 10.7 Å². The van der Waals surface area contributed by atoms with Crippen LogP contribution < -0.4 is 0 Å². The molecule has 0 bridgehead atoms. The van der Waals surface area contributed by atoms with Crippen LogP contribution in [0.1, 0.15) is 55.2 Å². The Morgan fingerprint density at radius 2 is 1.97 bits per heavy atom. The van der Waals surface area contributed by atoms with E-state index in [0.717, 1.165) is 24.0 Å². The highest BCUT2D eigenvalue weighted by Gasteiger charge is 2.37. The first-order valence-electron chi connectivity index (χ1n) is 11.2. The summed E-state index contributed by atoms with van der Waals surface area (Å²) in [7, 11) is -2.05. The fourth-order valence-corrected chi connectivity index (χ4v) is 5.73. The van der Waals surface area contributed by atoms with Crippen molar-refractivity contribution in [3.8, 4) is 0 Å². The summed E-state index contributed by atoms with van der Waals surface area (Å²) in [4.78, 5) is 14.6. The second-order valence-electron chi connectivity index (χ2n) is 8.52. The van der Waals surface area contributed by atoms with Crippen LogP contribution in [0, 0.1) is 19.8 Å². The van der Waals surface area contributed by atoms with E-state index in [1.165, 1.54) is 4.31 Å². The minimum Gasteiger partial charge on any atom is -0.355 e. The summed E-state index contributed by atoms with van der Waals surface area (Å²) >= 11 is 0. The van der Waals surface area contributed by atoms with Crippen LogP contribution in [0.5, 0.6) is 0 Å². The maximum atomic E-state index is 13.5. The first kappa shape index (κ1) is 24.2. The quantitative estimate of drug-likeness (QED) is 0.593. The van der Waals surface area contributed by atoms with Gasteiger partial charge in [-0.2, -0.15) is 4.31 Å². The predicted octanol–water partition coefficient (Wildman–Crippen LogP) is 4.12. The zero-order valence-electron chi connectivity index (χ0n) is 19.4. The molecule has 8 heteroatoms.